The van der Waals surface area contributed by atoms with E-state index in [0.29, 0.717) is 11.3 Å². The average molecular weight is 277 g/mol. The van der Waals surface area contributed by atoms with E-state index >= 15 is 0 Å². The molecule has 2 fully saturated rings. The molecule has 4 nitrogen and oxygen atoms in total. The minimum absolute atomic E-state index is 0. The molecule has 0 radical (unpaired) electrons. The van der Waals surface area contributed by atoms with Crippen molar-refractivity contribution >= 4 is 18.5 Å². The maximum atomic E-state index is 11.9. The van der Waals surface area contributed by atoms with Crippen molar-refractivity contribution in [1.82, 2.24) is 4.90 Å². The molecule has 2 aliphatic rings. The first-order chi connectivity index (χ1) is 7.84. The van der Waals surface area contributed by atoms with Crippen LogP contribution in [0.5, 0.6) is 0 Å². The molecule has 1 heterocycles. The van der Waals surface area contributed by atoms with Gasteiger partial charge in [-0.2, -0.15) is 0 Å². The van der Waals surface area contributed by atoms with E-state index in [1.165, 1.54) is 12.8 Å². The quantitative estimate of drug-likeness (QED) is 0.800. The molecule has 1 aliphatic heterocycles. The van der Waals surface area contributed by atoms with E-state index in [2.05, 4.69) is 0 Å². The fraction of sp³-hybridized carbons (Fsp3) is 0.923. The lowest BCUT2D eigenvalue weighted by atomic mass is 9.61. The molecule has 18 heavy (non-hydrogen) atoms. The molecule has 0 aromatic heterocycles. The number of rotatable bonds is 1. The molecular formula is C13H25ClN2O2. The normalized spacial score (nSPS) is 30.9. The first-order valence-electron chi connectivity index (χ1n) is 6.52. The molecule has 1 aliphatic carbocycles. The van der Waals surface area contributed by atoms with E-state index in [1.807, 2.05) is 25.7 Å². The first-order valence-corrected chi connectivity index (χ1v) is 6.52. The minimum atomic E-state index is -0.397. The summed E-state index contributed by atoms with van der Waals surface area (Å²) in [4.78, 5) is 13.8. The monoisotopic (exact) mass is 276 g/mol. The Kier molecular flexibility index (Phi) is 4.55. The lowest BCUT2D eigenvalue weighted by molar-refractivity contribution is 0.0192. The van der Waals surface area contributed by atoms with Crippen LogP contribution in [-0.2, 0) is 4.74 Å². The predicted octanol–water partition coefficient (Wildman–Crippen LogP) is 2.40. The Hall–Kier alpha value is -0.480. The van der Waals surface area contributed by atoms with Crippen LogP contribution in [0, 0.1) is 11.3 Å². The van der Waals surface area contributed by atoms with Gasteiger partial charge in [0.25, 0.3) is 0 Å². The summed E-state index contributed by atoms with van der Waals surface area (Å²) in [5, 5.41) is 0. The smallest absolute Gasteiger partial charge is 0.410 e. The van der Waals surface area contributed by atoms with Crippen LogP contribution in [0.15, 0.2) is 0 Å². The van der Waals surface area contributed by atoms with Crippen LogP contribution in [0.25, 0.3) is 0 Å². The number of carbonyl (C=O) groups excluding carboxylic acids is 1. The predicted molar refractivity (Wildman–Crippen MR) is 73.9 cm³/mol. The minimum Gasteiger partial charge on any atom is -0.444 e. The highest BCUT2D eigenvalue weighted by Crippen LogP contribution is 2.51. The molecule has 106 valence electrons. The van der Waals surface area contributed by atoms with Gasteiger partial charge in [-0.15, -0.1) is 12.4 Å². The van der Waals surface area contributed by atoms with Crippen molar-refractivity contribution in [3.63, 3.8) is 0 Å². The van der Waals surface area contributed by atoms with Crippen molar-refractivity contribution in [2.24, 2.45) is 17.1 Å². The highest BCUT2D eigenvalue weighted by atomic mass is 35.5. The zero-order chi connectivity index (χ0) is 12.7. The summed E-state index contributed by atoms with van der Waals surface area (Å²) in [6, 6.07) is 0. The second-order valence-electron chi connectivity index (χ2n) is 6.66. The topological polar surface area (TPSA) is 55.6 Å². The third-order valence-corrected chi connectivity index (χ3v) is 3.87. The summed E-state index contributed by atoms with van der Waals surface area (Å²) >= 11 is 0. The highest BCUT2D eigenvalue weighted by Gasteiger charge is 2.49. The molecular weight excluding hydrogens is 252 g/mol. The zero-order valence-electron chi connectivity index (χ0n) is 11.6. The lowest BCUT2D eigenvalue weighted by Gasteiger charge is -2.44. The van der Waals surface area contributed by atoms with Gasteiger partial charge in [0.2, 0.25) is 0 Å². The summed E-state index contributed by atoms with van der Waals surface area (Å²) in [5.74, 6) is 0.675. The van der Waals surface area contributed by atoms with Crippen LogP contribution in [0.4, 0.5) is 4.79 Å². The fourth-order valence-electron chi connectivity index (χ4n) is 3.08. The molecule has 0 unspecified atom stereocenters. The second kappa shape index (κ2) is 5.25. The Labute approximate surface area is 116 Å². The van der Waals surface area contributed by atoms with E-state index in [4.69, 9.17) is 10.5 Å². The molecule has 1 spiro atoms. The third-order valence-electron chi connectivity index (χ3n) is 3.87. The molecule has 2 rings (SSSR count). The van der Waals surface area contributed by atoms with Gasteiger partial charge in [0.05, 0.1) is 0 Å². The number of halogens is 1. The molecule has 1 saturated carbocycles. The van der Waals surface area contributed by atoms with Crippen LogP contribution in [0.3, 0.4) is 0 Å². The van der Waals surface area contributed by atoms with Gasteiger partial charge in [0.1, 0.15) is 5.60 Å². The number of nitrogens with two attached hydrogens (primary N) is 1. The summed E-state index contributed by atoms with van der Waals surface area (Å²) < 4.78 is 5.40. The van der Waals surface area contributed by atoms with Gasteiger partial charge >= 0.3 is 6.09 Å². The van der Waals surface area contributed by atoms with Gasteiger partial charge in [-0.25, -0.2) is 4.79 Å². The molecule has 2 N–H and O–H groups in total. The Morgan fingerprint density at radius 2 is 2.06 bits per heavy atom. The standard InChI is InChI=1S/C13H24N2O2.ClH/c1-12(2,3)17-11(16)15-5-4-13(9-15)6-10(7-13)8-14;/h10H,4-9,14H2,1-3H3;1H. The van der Waals surface area contributed by atoms with Crippen LogP contribution >= 0.6 is 12.4 Å². The number of likely N-dealkylation sites (tertiary alicyclic amines) is 1. The first kappa shape index (κ1) is 15.6. The van der Waals surface area contributed by atoms with E-state index < -0.39 is 5.60 Å². The van der Waals surface area contributed by atoms with E-state index in [1.54, 1.807) is 0 Å². The van der Waals surface area contributed by atoms with Crippen molar-refractivity contribution in [3.05, 3.63) is 0 Å². The molecule has 0 atom stereocenters. The van der Waals surface area contributed by atoms with Crippen LogP contribution in [0.1, 0.15) is 40.0 Å². The van der Waals surface area contributed by atoms with E-state index in [-0.39, 0.29) is 18.5 Å². The number of carbonyl (C=O) groups is 1. The van der Waals surface area contributed by atoms with Crippen LogP contribution < -0.4 is 5.73 Å². The lowest BCUT2D eigenvalue weighted by Crippen LogP contribution is -2.44. The number of ether oxygens (including phenoxy) is 1. The Bertz CT molecular complexity index is 309. The Morgan fingerprint density at radius 1 is 1.44 bits per heavy atom. The van der Waals surface area contributed by atoms with E-state index in [9.17, 15) is 4.79 Å². The largest absolute Gasteiger partial charge is 0.444 e. The average Bonchev–Trinajstić information content (AvgIpc) is 2.56. The number of nitrogens with zero attached hydrogens (tertiary/aromatic N) is 1. The molecule has 0 bridgehead atoms. The fourth-order valence-corrected chi connectivity index (χ4v) is 3.08. The van der Waals surface area contributed by atoms with Gasteiger partial charge in [-0.1, -0.05) is 0 Å². The van der Waals surface area contributed by atoms with Crippen molar-refractivity contribution in [2.75, 3.05) is 19.6 Å². The SMILES string of the molecule is CC(C)(C)OC(=O)N1CCC2(CC(CN)C2)C1.Cl. The maximum Gasteiger partial charge on any atom is 0.410 e. The van der Waals surface area contributed by atoms with Crippen LogP contribution in [-0.4, -0.2) is 36.2 Å². The molecule has 1 saturated heterocycles. The summed E-state index contributed by atoms with van der Waals surface area (Å²) in [5.41, 5.74) is 5.62. The Morgan fingerprint density at radius 3 is 2.56 bits per heavy atom. The summed E-state index contributed by atoms with van der Waals surface area (Å²) in [6.07, 6.45) is 3.32. The number of amides is 1. The molecule has 5 heteroatoms. The maximum absolute atomic E-state index is 11.9. The van der Waals surface area contributed by atoms with Crippen molar-refractivity contribution < 1.29 is 9.53 Å². The van der Waals surface area contributed by atoms with Crippen molar-refractivity contribution in [3.8, 4) is 0 Å². The van der Waals surface area contributed by atoms with Gasteiger partial charge < -0.3 is 15.4 Å². The Balaban J connectivity index is 0.00000162. The summed E-state index contributed by atoms with van der Waals surface area (Å²) in [7, 11) is 0. The van der Waals surface area contributed by atoms with Gasteiger partial charge in [0.15, 0.2) is 0 Å². The summed E-state index contributed by atoms with van der Waals surface area (Å²) in [6.45, 7) is 8.21. The van der Waals surface area contributed by atoms with Crippen molar-refractivity contribution in [2.45, 2.75) is 45.6 Å². The number of hydrogen-bond acceptors (Lipinski definition) is 3. The van der Waals surface area contributed by atoms with Crippen molar-refractivity contribution in [1.29, 1.82) is 0 Å². The molecule has 0 aromatic carbocycles. The molecule has 1 amide bonds. The highest BCUT2D eigenvalue weighted by molar-refractivity contribution is 5.85. The van der Waals surface area contributed by atoms with Gasteiger partial charge in [-0.05, 0) is 57.9 Å². The van der Waals surface area contributed by atoms with Crippen LogP contribution in [0.2, 0.25) is 0 Å². The second-order valence-corrected chi connectivity index (χ2v) is 6.66. The molecule has 0 aromatic rings. The van der Waals surface area contributed by atoms with E-state index in [0.717, 1.165) is 26.1 Å². The van der Waals surface area contributed by atoms with Gasteiger partial charge in [0, 0.05) is 13.1 Å². The third kappa shape index (κ3) is 3.29. The van der Waals surface area contributed by atoms with Gasteiger partial charge in [-0.3, -0.25) is 0 Å². The number of hydrogen-bond donors (Lipinski definition) is 1. The zero-order valence-corrected chi connectivity index (χ0v) is 12.4.